The Morgan fingerprint density at radius 1 is 1.11 bits per heavy atom. The summed E-state index contributed by atoms with van der Waals surface area (Å²) in [5.41, 5.74) is -0.195. The summed E-state index contributed by atoms with van der Waals surface area (Å²) in [7, 11) is 0. The Morgan fingerprint density at radius 3 is 2.64 bits per heavy atom. The van der Waals surface area contributed by atoms with Crippen LogP contribution in [0.25, 0.3) is 10.9 Å². The lowest BCUT2D eigenvalue weighted by Crippen LogP contribution is -2.44. The molecule has 2 heterocycles. The Balaban J connectivity index is 1.73. The fourth-order valence-electron chi connectivity index (χ4n) is 3.34. The number of amides is 1. The number of para-hydroxylation sites is 1. The molecule has 144 valence electrons. The number of benzene rings is 2. The van der Waals surface area contributed by atoms with Crippen LogP contribution in [0.1, 0.15) is 19.9 Å². The van der Waals surface area contributed by atoms with Crippen LogP contribution in [-0.4, -0.2) is 22.3 Å². The maximum Gasteiger partial charge on any atom is 0.329 e. The van der Waals surface area contributed by atoms with Gasteiger partial charge in [0.05, 0.1) is 10.9 Å². The molecule has 0 bridgehead atoms. The number of hydrogen-bond donors (Lipinski definition) is 2. The molecule has 0 fully saturated rings. The standard InChI is InChI=1S/C20H19N3O5/c1-11(2)17(18(24)21-12-7-8-15-16(9-12)28-10-27-15)23-19(25)13-5-3-4-6-14(13)22-20(23)26/h3-9,11,17H,10H2,1-2H3,(H,21,24)(H,22,26). The molecule has 28 heavy (non-hydrogen) atoms. The number of carbonyl (C=O) groups is 1. The van der Waals surface area contributed by atoms with Gasteiger partial charge in [-0.1, -0.05) is 26.0 Å². The molecule has 1 unspecified atom stereocenters. The smallest absolute Gasteiger partial charge is 0.329 e. The minimum absolute atomic E-state index is 0.128. The average Bonchev–Trinajstić information content (AvgIpc) is 3.12. The van der Waals surface area contributed by atoms with Crippen molar-refractivity contribution >= 4 is 22.5 Å². The molecule has 1 aromatic heterocycles. The van der Waals surface area contributed by atoms with Crippen molar-refractivity contribution in [2.75, 3.05) is 12.1 Å². The van der Waals surface area contributed by atoms with Gasteiger partial charge in [0, 0.05) is 11.8 Å². The molecular weight excluding hydrogens is 362 g/mol. The predicted octanol–water partition coefficient (Wildman–Crippen LogP) is 2.25. The van der Waals surface area contributed by atoms with Gasteiger partial charge in [-0.2, -0.15) is 0 Å². The number of ether oxygens (including phenoxy) is 2. The van der Waals surface area contributed by atoms with E-state index >= 15 is 0 Å². The van der Waals surface area contributed by atoms with Crippen molar-refractivity contribution in [1.29, 1.82) is 0 Å². The van der Waals surface area contributed by atoms with Crippen molar-refractivity contribution in [3.8, 4) is 11.5 Å². The fourth-order valence-corrected chi connectivity index (χ4v) is 3.34. The molecule has 0 radical (unpaired) electrons. The van der Waals surface area contributed by atoms with Crippen LogP contribution in [-0.2, 0) is 4.79 Å². The van der Waals surface area contributed by atoms with Crippen molar-refractivity contribution < 1.29 is 14.3 Å². The molecule has 4 rings (SSSR count). The number of rotatable bonds is 4. The second-order valence-electron chi connectivity index (χ2n) is 6.90. The molecule has 1 aliphatic rings. The van der Waals surface area contributed by atoms with E-state index in [2.05, 4.69) is 10.3 Å². The molecule has 0 aliphatic carbocycles. The summed E-state index contributed by atoms with van der Waals surface area (Å²) in [4.78, 5) is 41.2. The Labute approximate surface area is 159 Å². The van der Waals surface area contributed by atoms with Crippen LogP contribution >= 0.6 is 0 Å². The van der Waals surface area contributed by atoms with E-state index < -0.39 is 23.2 Å². The number of fused-ring (bicyclic) bond motifs is 2. The van der Waals surface area contributed by atoms with E-state index in [0.717, 1.165) is 4.57 Å². The summed E-state index contributed by atoms with van der Waals surface area (Å²) in [6, 6.07) is 10.7. The number of hydrogen-bond acceptors (Lipinski definition) is 5. The molecule has 8 heteroatoms. The molecule has 0 spiro atoms. The first-order valence-corrected chi connectivity index (χ1v) is 8.90. The topological polar surface area (TPSA) is 102 Å². The zero-order valence-corrected chi connectivity index (χ0v) is 15.4. The maximum atomic E-state index is 13.0. The third-order valence-electron chi connectivity index (χ3n) is 4.66. The monoisotopic (exact) mass is 381 g/mol. The van der Waals surface area contributed by atoms with Gasteiger partial charge in [0.2, 0.25) is 12.7 Å². The molecule has 8 nitrogen and oxygen atoms in total. The van der Waals surface area contributed by atoms with Crippen LogP contribution in [0.5, 0.6) is 11.5 Å². The zero-order chi connectivity index (χ0) is 19.8. The first-order chi connectivity index (χ1) is 13.5. The molecule has 2 aromatic carbocycles. The van der Waals surface area contributed by atoms with Crippen LogP contribution in [0, 0.1) is 5.92 Å². The van der Waals surface area contributed by atoms with Gasteiger partial charge in [0.15, 0.2) is 11.5 Å². The van der Waals surface area contributed by atoms with Gasteiger partial charge in [-0.15, -0.1) is 0 Å². The van der Waals surface area contributed by atoms with Crippen LogP contribution in [0.4, 0.5) is 5.69 Å². The van der Waals surface area contributed by atoms with E-state index in [9.17, 15) is 14.4 Å². The van der Waals surface area contributed by atoms with E-state index in [1.54, 1.807) is 56.3 Å². The van der Waals surface area contributed by atoms with Crippen molar-refractivity contribution in [3.63, 3.8) is 0 Å². The van der Waals surface area contributed by atoms with Gasteiger partial charge in [-0.3, -0.25) is 9.59 Å². The highest BCUT2D eigenvalue weighted by Crippen LogP contribution is 2.34. The van der Waals surface area contributed by atoms with Crippen LogP contribution in [0.2, 0.25) is 0 Å². The Kier molecular flexibility index (Phi) is 4.38. The minimum atomic E-state index is -0.980. The van der Waals surface area contributed by atoms with Crippen molar-refractivity contribution in [2.24, 2.45) is 5.92 Å². The summed E-state index contributed by atoms with van der Waals surface area (Å²) in [5.74, 6) is 0.367. The van der Waals surface area contributed by atoms with Gasteiger partial charge in [0.1, 0.15) is 6.04 Å². The molecule has 1 atom stereocenters. The van der Waals surface area contributed by atoms with E-state index in [-0.39, 0.29) is 12.7 Å². The summed E-state index contributed by atoms with van der Waals surface area (Å²) >= 11 is 0. The normalized spacial score (nSPS) is 13.7. The summed E-state index contributed by atoms with van der Waals surface area (Å²) in [6.45, 7) is 3.69. The SMILES string of the molecule is CC(C)C(C(=O)Nc1ccc2c(c1)OCO2)n1c(=O)[nH]c2ccccc2c1=O. The minimum Gasteiger partial charge on any atom is -0.454 e. The Hall–Kier alpha value is -3.55. The van der Waals surface area contributed by atoms with E-state index in [4.69, 9.17) is 9.47 Å². The number of aromatic nitrogens is 2. The number of anilines is 1. The summed E-state index contributed by atoms with van der Waals surface area (Å²) in [5, 5.41) is 3.12. The third kappa shape index (κ3) is 3.02. The van der Waals surface area contributed by atoms with Gasteiger partial charge < -0.3 is 19.8 Å². The second kappa shape index (κ2) is 6.88. The number of nitrogens with zero attached hydrogens (tertiary/aromatic N) is 1. The number of carbonyl (C=O) groups excluding carboxylic acids is 1. The molecule has 0 saturated heterocycles. The predicted molar refractivity (Wildman–Crippen MR) is 104 cm³/mol. The summed E-state index contributed by atoms with van der Waals surface area (Å²) in [6.07, 6.45) is 0. The highest BCUT2D eigenvalue weighted by Gasteiger charge is 2.28. The Bertz CT molecular complexity index is 1180. The van der Waals surface area contributed by atoms with Gasteiger partial charge in [-0.05, 0) is 30.2 Å². The van der Waals surface area contributed by atoms with Crippen LogP contribution in [0.15, 0.2) is 52.1 Å². The van der Waals surface area contributed by atoms with Crippen molar-refractivity contribution in [3.05, 3.63) is 63.3 Å². The van der Waals surface area contributed by atoms with Gasteiger partial charge >= 0.3 is 5.69 Å². The number of aromatic amines is 1. The highest BCUT2D eigenvalue weighted by atomic mass is 16.7. The van der Waals surface area contributed by atoms with Gasteiger partial charge in [-0.25, -0.2) is 9.36 Å². The van der Waals surface area contributed by atoms with E-state index in [1.807, 2.05) is 0 Å². The van der Waals surface area contributed by atoms with Crippen molar-refractivity contribution in [1.82, 2.24) is 9.55 Å². The lowest BCUT2D eigenvalue weighted by Gasteiger charge is -2.22. The lowest BCUT2D eigenvalue weighted by molar-refractivity contribution is -0.120. The number of H-pyrrole nitrogens is 1. The molecule has 3 aromatic rings. The van der Waals surface area contributed by atoms with Crippen LogP contribution < -0.4 is 26.0 Å². The lowest BCUT2D eigenvalue weighted by atomic mass is 10.0. The zero-order valence-electron chi connectivity index (χ0n) is 15.4. The fraction of sp³-hybridized carbons (Fsp3) is 0.250. The molecule has 1 aliphatic heterocycles. The van der Waals surface area contributed by atoms with E-state index in [0.29, 0.717) is 28.1 Å². The summed E-state index contributed by atoms with van der Waals surface area (Å²) < 4.78 is 11.6. The molecule has 1 amide bonds. The maximum absolute atomic E-state index is 13.0. The first kappa shape index (κ1) is 17.8. The largest absolute Gasteiger partial charge is 0.454 e. The van der Waals surface area contributed by atoms with Crippen LogP contribution in [0.3, 0.4) is 0 Å². The Morgan fingerprint density at radius 2 is 1.86 bits per heavy atom. The number of nitrogens with one attached hydrogen (secondary N) is 2. The van der Waals surface area contributed by atoms with Gasteiger partial charge in [0.25, 0.3) is 5.56 Å². The molecule has 0 saturated carbocycles. The quantitative estimate of drug-likeness (QED) is 0.722. The molecular formula is C20H19N3O5. The highest BCUT2D eigenvalue weighted by molar-refractivity contribution is 5.94. The second-order valence-corrected chi connectivity index (χ2v) is 6.90. The average molecular weight is 381 g/mol. The third-order valence-corrected chi connectivity index (χ3v) is 4.66. The van der Waals surface area contributed by atoms with E-state index in [1.165, 1.54) is 0 Å². The van der Waals surface area contributed by atoms with Crippen molar-refractivity contribution in [2.45, 2.75) is 19.9 Å². The molecule has 2 N–H and O–H groups in total. The first-order valence-electron chi connectivity index (χ1n) is 8.90.